The van der Waals surface area contributed by atoms with Gasteiger partial charge in [-0.3, -0.25) is 0 Å². The van der Waals surface area contributed by atoms with E-state index in [-0.39, 0.29) is 10.8 Å². The number of benzene rings is 1. The monoisotopic (exact) mass is 261 g/mol. The van der Waals surface area contributed by atoms with Gasteiger partial charge >= 0.3 is 0 Å². The maximum atomic E-state index is 9.33. The van der Waals surface area contributed by atoms with Gasteiger partial charge in [0.1, 0.15) is 0 Å². The molecule has 1 saturated carbocycles. The first kappa shape index (κ1) is 14.5. The molecule has 1 aromatic carbocycles. The molecule has 0 spiro atoms. The van der Waals surface area contributed by atoms with E-state index in [4.69, 9.17) is 0 Å². The van der Waals surface area contributed by atoms with Crippen molar-refractivity contribution in [2.75, 3.05) is 19.7 Å². The Balaban J connectivity index is 1.95. The fourth-order valence-corrected chi connectivity index (χ4v) is 2.47. The van der Waals surface area contributed by atoms with Gasteiger partial charge in [-0.15, -0.1) is 0 Å². The predicted octanol–water partition coefficient (Wildman–Crippen LogP) is 2.94. The summed E-state index contributed by atoms with van der Waals surface area (Å²) >= 11 is 0. The van der Waals surface area contributed by atoms with Crippen molar-refractivity contribution in [2.24, 2.45) is 5.41 Å². The summed E-state index contributed by atoms with van der Waals surface area (Å²) in [7, 11) is 0. The Morgan fingerprint density at radius 1 is 1.21 bits per heavy atom. The third-order valence-electron chi connectivity index (χ3n) is 4.65. The molecular formula is C17H27NO. The first-order chi connectivity index (χ1) is 8.88. The van der Waals surface area contributed by atoms with Crippen LogP contribution in [-0.2, 0) is 5.41 Å². The zero-order valence-corrected chi connectivity index (χ0v) is 12.7. The smallest absolute Gasteiger partial charge is 0.0499 e. The SMILES string of the molecule is Cc1ccc(C(C)(C)CNCC2(CO)CC2)cc1C. The van der Waals surface area contributed by atoms with Gasteiger partial charge in [0.05, 0.1) is 0 Å². The van der Waals surface area contributed by atoms with E-state index in [0.29, 0.717) is 6.61 Å². The van der Waals surface area contributed by atoms with Crippen LogP contribution in [0.5, 0.6) is 0 Å². The third-order valence-corrected chi connectivity index (χ3v) is 4.65. The molecule has 1 aromatic rings. The third kappa shape index (κ3) is 3.37. The van der Waals surface area contributed by atoms with Gasteiger partial charge in [-0.2, -0.15) is 0 Å². The van der Waals surface area contributed by atoms with E-state index in [1.54, 1.807) is 0 Å². The highest BCUT2D eigenvalue weighted by Gasteiger charge is 2.41. The van der Waals surface area contributed by atoms with Crippen LogP contribution in [0.25, 0.3) is 0 Å². The second-order valence-electron chi connectivity index (χ2n) is 6.94. The van der Waals surface area contributed by atoms with Crippen molar-refractivity contribution < 1.29 is 5.11 Å². The van der Waals surface area contributed by atoms with Gasteiger partial charge in [0.2, 0.25) is 0 Å². The average molecular weight is 261 g/mol. The van der Waals surface area contributed by atoms with Crippen LogP contribution < -0.4 is 5.32 Å². The molecule has 2 N–H and O–H groups in total. The molecule has 0 aliphatic heterocycles. The van der Waals surface area contributed by atoms with E-state index in [2.05, 4.69) is 51.2 Å². The van der Waals surface area contributed by atoms with Crippen molar-refractivity contribution in [1.29, 1.82) is 0 Å². The summed E-state index contributed by atoms with van der Waals surface area (Å²) in [5.74, 6) is 0. The number of hydrogen-bond acceptors (Lipinski definition) is 2. The highest BCUT2D eigenvalue weighted by molar-refractivity contribution is 5.34. The Kier molecular flexibility index (Phi) is 4.03. The summed E-state index contributed by atoms with van der Waals surface area (Å²) in [5.41, 5.74) is 4.42. The molecule has 0 aromatic heterocycles. The zero-order valence-electron chi connectivity index (χ0n) is 12.7. The van der Waals surface area contributed by atoms with Crippen molar-refractivity contribution in [2.45, 2.75) is 46.0 Å². The van der Waals surface area contributed by atoms with Crippen LogP contribution >= 0.6 is 0 Å². The van der Waals surface area contributed by atoms with Crippen LogP contribution in [-0.4, -0.2) is 24.8 Å². The molecule has 106 valence electrons. The van der Waals surface area contributed by atoms with E-state index in [1.807, 2.05) is 0 Å². The van der Waals surface area contributed by atoms with Crippen molar-refractivity contribution in [3.8, 4) is 0 Å². The van der Waals surface area contributed by atoms with Crippen LogP contribution in [0.15, 0.2) is 18.2 Å². The Labute approximate surface area is 117 Å². The lowest BCUT2D eigenvalue weighted by atomic mass is 9.83. The van der Waals surface area contributed by atoms with Gasteiger partial charge in [-0.25, -0.2) is 0 Å². The summed E-state index contributed by atoms with van der Waals surface area (Å²) in [6.45, 7) is 11.1. The molecular weight excluding hydrogens is 234 g/mol. The highest BCUT2D eigenvalue weighted by Crippen LogP contribution is 2.44. The number of nitrogens with one attached hydrogen (secondary N) is 1. The molecule has 1 aliphatic carbocycles. The molecule has 1 fully saturated rings. The van der Waals surface area contributed by atoms with Crippen LogP contribution in [0.2, 0.25) is 0 Å². The molecule has 0 atom stereocenters. The Hall–Kier alpha value is -0.860. The maximum Gasteiger partial charge on any atom is 0.0499 e. The fraction of sp³-hybridized carbons (Fsp3) is 0.647. The van der Waals surface area contributed by atoms with Gasteiger partial charge in [0.25, 0.3) is 0 Å². The minimum atomic E-state index is 0.129. The number of aliphatic hydroxyl groups excluding tert-OH is 1. The summed E-state index contributed by atoms with van der Waals surface area (Å²) in [6, 6.07) is 6.75. The van der Waals surface area contributed by atoms with Crippen molar-refractivity contribution in [3.05, 3.63) is 34.9 Å². The first-order valence-corrected chi connectivity index (χ1v) is 7.28. The van der Waals surface area contributed by atoms with E-state index in [0.717, 1.165) is 13.1 Å². The molecule has 0 amide bonds. The number of aryl methyl sites for hydroxylation is 2. The predicted molar refractivity (Wildman–Crippen MR) is 80.6 cm³/mol. The van der Waals surface area contributed by atoms with Crippen LogP contribution in [0, 0.1) is 19.3 Å². The minimum absolute atomic E-state index is 0.129. The Morgan fingerprint density at radius 2 is 1.89 bits per heavy atom. The van der Waals surface area contributed by atoms with E-state index in [1.165, 1.54) is 29.5 Å². The summed E-state index contributed by atoms with van der Waals surface area (Å²) in [6.07, 6.45) is 2.33. The van der Waals surface area contributed by atoms with Crippen molar-refractivity contribution >= 4 is 0 Å². The lowest BCUT2D eigenvalue weighted by Gasteiger charge is -2.27. The van der Waals surface area contributed by atoms with Gasteiger partial charge in [-0.1, -0.05) is 32.0 Å². The van der Waals surface area contributed by atoms with Gasteiger partial charge in [0.15, 0.2) is 0 Å². The lowest BCUT2D eigenvalue weighted by molar-refractivity contribution is 0.205. The molecule has 1 aliphatic rings. The Morgan fingerprint density at radius 3 is 2.42 bits per heavy atom. The van der Waals surface area contributed by atoms with Crippen molar-refractivity contribution in [3.63, 3.8) is 0 Å². The second-order valence-corrected chi connectivity index (χ2v) is 6.94. The van der Waals surface area contributed by atoms with Crippen molar-refractivity contribution in [1.82, 2.24) is 5.32 Å². The van der Waals surface area contributed by atoms with Gasteiger partial charge in [-0.05, 0) is 43.4 Å². The summed E-state index contributed by atoms with van der Waals surface area (Å²) in [5, 5.41) is 12.9. The largest absolute Gasteiger partial charge is 0.396 e. The molecule has 0 unspecified atom stereocenters. The number of rotatable bonds is 6. The molecule has 19 heavy (non-hydrogen) atoms. The quantitative estimate of drug-likeness (QED) is 0.825. The van der Waals surface area contributed by atoms with Gasteiger partial charge < -0.3 is 10.4 Å². The molecule has 0 radical (unpaired) electrons. The maximum absolute atomic E-state index is 9.33. The summed E-state index contributed by atoms with van der Waals surface area (Å²) in [4.78, 5) is 0. The number of aliphatic hydroxyl groups is 1. The lowest BCUT2D eigenvalue weighted by Crippen LogP contribution is -2.37. The standard InChI is InChI=1S/C17H27NO/c1-13-5-6-15(9-14(13)2)16(3,4)10-18-11-17(12-19)7-8-17/h5-6,9,18-19H,7-8,10-12H2,1-4H3. The average Bonchev–Trinajstić information content (AvgIpc) is 3.13. The molecule has 2 rings (SSSR count). The fourth-order valence-electron chi connectivity index (χ4n) is 2.47. The normalized spacial score (nSPS) is 17.5. The molecule has 0 bridgehead atoms. The van der Waals surface area contributed by atoms with E-state index >= 15 is 0 Å². The van der Waals surface area contributed by atoms with Crippen LogP contribution in [0.1, 0.15) is 43.4 Å². The van der Waals surface area contributed by atoms with Crippen LogP contribution in [0.3, 0.4) is 0 Å². The van der Waals surface area contributed by atoms with Crippen LogP contribution in [0.4, 0.5) is 0 Å². The minimum Gasteiger partial charge on any atom is -0.396 e. The first-order valence-electron chi connectivity index (χ1n) is 7.28. The number of hydrogen-bond donors (Lipinski definition) is 2. The van der Waals surface area contributed by atoms with Gasteiger partial charge in [0, 0.05) is 30.5 Å². The highest BCUT2D eigenvalue weighted by atomic mass is 16.3. The summed E-state index contributed by atoms with van der Waals surface area (Å²) < 4.78 is 0. The Bertz CT molecular complexity index is 447. The zero-order chi connectivity index (χ0) is 14.1. The second kappa shape index (κ2) is 5.26. The molecule has 2 nitrogen and oxygen atoms in total. The molecule has 2 heteroatoms. The van der Waals surface area contributed by atoms with E-state index < -0.39 is 0 Å². The topological polar surface area (TPSA) is 32.3 Å². The molecule has 0 heterocycles. The molecule has 0 saturated heterocycles. The van der Waals surface area contributed by atoms with E-state index in [9.17, 15) is 5.11 Å².